The summed E-state index contributed by atoms with van der Waals surface area (Å²) in [5.74, 6) is -0.589. The first-order chi connectivity index (χ1) is 46.3. The molecular formula is C66H63Cl2N9O17P2. The SMILES string of the molecule is COc1ccc(C(OC[C@H]2O[C@@H](n3cnc4c(=O)[nH]c(NC(=O)C(C)C)nc43)C[C@@H]2OP(=O)(OC[C@H]2O[C@@H](n3ccc(NC(=O)c4ccccc4)nc3=O)C[C@@H]2OP(=O)(OCCC#N)Oc2ccc(Cl)cc2)Oc2ccc(Cl)cc2)(c2ccccc2)c2ccc(OC)cc2)cc1. The fourth-order valence-corrected chi connectivity index (χ4v) is 13.7. The van der Waals surface area contributed by atoms with Gasteiger partial charge in [-0.3, -0.25) is 51.9 Å². The predicted molar refractivity (Wildman–Crippen MR) is 351 cm³/mol. The molecule has 96 heavy (non-hydrogen) atoms. The van der Waals surface area contributed by atoms with Crippen LogP contribution >= 0.6 is 38.8 Å². The second-order valence-electron chi connectivity index (χ2n) is 22.1. The van der Waals surface area contributed by atoms with Crippen LogP contribution < -0.4 is 40.4 Å². The first-order valence-corrected chi connectivity index (χ1v) is 33.7. The lowest BCUT2D eigenvalue weighted by Crippen LogP contribution is -2.38. The third kappa shape index (κ3) is 16.1. The summed E-state index contributed by atoms with van der Waals surface area (Å²) in [5, 5.41) is 15.4. The van der Waals surface area contributed by atoms with E-state index in [1.807, 2.05) is 60.7 Å². The maximum Gasteiger partial charge on any atom is 0.530 e. The van der Waals surface area contributed by atoms with Crippen LogP contribution in [0.1, 0.15) is 72.6 Å². The highest BCUT2D eigenvalue weighted by Gasteiger charge is 2.50. The van der Waals surface area contributed by atoms with E-state index in [-0.39, 0.29) is 60.3 Å². The van der Waals surface area contributed by atoms with Crippen molar-refractivity contribution in [2.24, 2.45) is 5.92 Å². The molecule has 498 valence electrons. The molecule has 5 heterocycles. The van der Waals surface area contributed by atoms with Gasteiger partial charge in [0.05, 0.1) is 52.9 Å². The minimum absolute atomic E-state index is 0.0000160. The summed E-state index contributed by atoms with van der Waals surface area (Å²) in [7, 11) is -6.83. The topological polar surface area (TPSA) is 316 Å². The van der Waals surface area contributed by atoms with Crippen LogP contribution in [0.15, 0.2) is 186 Å². The van der Waals surface area contributed by atoms with Crippen molar-refractivity contribution in [3.63, 3.8) is 0 Å². The number of methoxy groups -OCH3 is 2. The van der Waals surface area contributed by atoms with Gasteiger partial charge >= 0.3 is 21.3 Å². The number of aromatic amines is 1. The molecule has 9 aromatic rings. The van der Waals surface area contributed by atoms with E-state index in [9.17, 15) is 29.0 Å². The summed E-state index contributed by atoms with van der Waals surface area (Å²) in [6.07, 6.45) is -5.96. The maximum absolute atomic E-state index is 16.2. The number of rotatable bonds is 28. The lowest BCUT2D eigenvalue weighted by molar-refractivity contribution is -0.119. The summed E-state index contributed by atoms with van der Waals surface area (Å²) in [6.45, 7) is 1.81. The van der Waals surface area contributed by atoms with Gasteiger partial charge in [0.25, 0.3) is 11.5 Å². The number of hydrogen-bond acceptors (Lipinski definition) is 21. The van der Waals surface area contributed by atoms with E-state index in [0.717, 1.165) is 4.57 Å². The normalized spacial score (nSPS) is 19.0. The maximum atomic E-state index is 16.2. The van der Waals surface area contributed by atoms with E-state index in [1.54, 1.807) is 82.7 Å². The molecule has 8 atom stereocenters. The van der Waals surface area contributed by atoms with Gasteiger partial charge in [-0.05, 0) is 108 Å². The van der Waals surface area contributed by atoms with E-state index in [1.165, 1.54) is 71.7 Å². The molecule has 2 aliphatic rings. The van der Waals surface area contributed by atoms with Crippen molar-refractivity contribution in [1.82, 2.24) is 29.1 Å². The molecule has 0 bridgehead atoms. The van der Waals surface area contributed by atoms with Crippen molar-refractivity contribution in [3.8, 4) is 29.1 Å². The Bertz CT molecular complexity index is 4410. The Labute approximate surface area is 559 Å². The van der Waals surface area contributed by atoms with Gasteiger partial charge in [-0.1, -0.05) is 110 Å². The Morgan fingerprint density at radius 2 is 1.20 bits per heavy atom. The van der Waals surface area contributed by atoms with Gasteiger partial charge in [-0.15, -0.1) is 0 Å². The van der Waals surface area contributed by atoms with E-state index < -0.39 is 100 Å². The number of nitriles is 1. The highest BCUT2D eigenvalue weighted by Crippen LogP contribution is 2.57. The molecule has 0 radical (unpaired) electrons. The number of aromatic nitrogens is 6. The molecule has 11 rings (SSSR count). The van der Waals surface area contributed by atoms with Gasteiger partial charge in [-0.25, -0.2) is 18.9 Å². The summed E-state index contributed by atoms with van der Waals surface area (Å²) in [6, 6.07) is 47.2. The number of anilines is 2. The number of nitrogens with zero attached hydrogens (tertiary/aromatic N) is 6. The van der Waals surface area contributed by atoms with Crippen molar-refractivity contribution in [2.75, 3.05) is 44.7 Å². The van der Waals surface area contributed by atoms with Crippen molar-refractivity contribution < 1.29 is 69.5 Å². The van der Waals surface area contributed by atoms with Gasteiger partial charge in [0.15, 0.2) is 11.2 Å². The Hall–Kier alpha value is -9.06. The zero-order chi connectivity index (χ0) is 67.6. The number of H-pyrrole nitrogens is 1. The van der Waals surface area contributed by atoms with Crippen molar-refractivity contribution in [2.45, 2.75) is 75.6 Å². The third-order valence-corrected chi connectivity index (χ3v) is 18.8. The predicted octanol–water partition coefficient (Wildman–Crippen LogP) is 12.2. The molecule has 0 spiro atoms. The number of hydrogen-bond donors (Lipinski definition) is 3. The van der Waals surface area contributed by atoms with Crippen LogP contribution in [-0.2, 0) is 51.8 Å². The first-order valence-electron chi connectivity index (χ1n) is 30.0. The molecule has 3 N–H and O–H groups in total. The number of carbonyl (C=O) groups is 2. The van der Waals surface area contributed by atoms with E-state index in [0.29, 0.717) is 43.8 Å². The van der Waals surface area contributed by atoms with Crippen LogP contribution in [0, 0.1) is 17.2 Å². The number of carbonyl (C=O) groups excluding carboxylic acids is 2. The van der Waals surface area contributed by atoms with Crippen LogP contribution in [-0.4, -0.2) is 99.3 Å². The smallest absolute Gasteiger partial charge is 0.497 e. The standard InChI is InChI=1S/C66H63Cl2N9O17P2/c1-41(2)61(78)74-64-73-60-59(63(80)75-64)70-40-77(60)58-37-52(54(89-58)38-86-66(43-14-9-6-10-15-43,44-16-24-48(84-3)25-17-44)45-18-26-49(85-4)27-19-45)94-96(83,92-51-30-22-47(68)23-31-51)88-39-55-53(93-95(82,87-35-11-33-69)91-50-28-20-46(67)21-29-50)36-57(90-55)76-34-32-56(72-65(76)81)71-62(79)42-12-7-5-8-13-42/h5-10,12-32,34,40-41,52-55,57-58H,11,35-39H2,1-4H3,(H,71,72,79,81)(H2,73,74,75,78,80)/t52-,53-,54+,55+,57+,58+,95?,96?/m0/s1. The van der Waals surface area contributed by atoms with Gasteiger partial charge in [0.2, 0.25) is 11.9 Å². The fraction of sp³-hybridized carbons (Fsp3) is 0.273. The number of halogens is 2. The molecule has 2 unspecified atom stereocenters. The Morgan fingerprint density at radius 3 is 1.74 bits per heavy atom. The molecule has 0 saturated carbocycles. The number of phosphoric acid groups is 2. The number of ether oxygens (including phenoxy) is 5. The Morgan fingerprint density at radius 1 is 0.677 bits per heavy atom. The zero-order valence-electron chi connectivity index (χ0n) is 51.8. The quantitative estimate of drug-likeness (QED) is 0.0233. The lowest BCUT2D eigenvalue weighted by atomic mass is 9.80. The summed E-state index contributed by atoms with van der Waals surface area (Å²) in [4.78, 5) is 69.3. The van der Waals surface area contributed by atoms with E-state index >= 15 is 4.57 Å². The number of phosphoric ester groups is 2. The second-order valence-corrected chi connectivity index (χ2v) is 26.0. The minimum Gasteiger partial charge on any atom is -0.497 e. The largest absolute Gasteiger partial charge is 0.530 e. The van der Waals surface area contributed by atoms with E-state index in [2.05, 4.69) is 30.6 Å². The summed E-state index contributed by atoms with van der Waals surface area (Å²) in [5.41, 5.74) is -0.807. The highest BCUT2D eigenvalue weighted by atomic mass is 35.5. The van der Waals surface area contributed by atoms with Crippen molar-refractivity contribution in [1.29, 1.82) is 5.26 Å². The fourth-order valence-electron chi connectivity index (χ4n) is 10.6. The van der Waals surface area contributed by atoms with Gasteiger partial charge in [0, 0.05) is 40.6 Å². The number of benzene rings is 6. The molecule has 30 heteroatoms. The van der Waals surface area contributed by atoms with Crippen LogP contribution in [0.3, 0.4) is 0 Å². The average molecular weight is 1390 g/mol. The molecular weight excluding hydrogens is 1320 g/mol. The van der Waals surface area contributed by atoms with E-state index in [4.69, 9.17) is 74.0 Å². The zero-order valence-corrected chi connectivity index (χ0v) is 55.1. The number of fused-ring (bicyclic) bond motifs is 1. The highest BCUT2D eigenvalue weighted by molar-refractivity contribution is 7.49. The molecule has 2 saturated heterocycles. The van der Waals surface area contributed by atoms with Crippen molar-refractivity contribution >= 4 is 73.6 Å². The third-order valence-electron chi connectivity index (χ3n) is 15.4. The molecule has 2 aliphatic heterocycles. The number of amides is 2. The Balaban J connectivity index is 0.976. The number of imidazole rings is 1. The number of nitrogens with one attached hydrogen (secondary N) is 3. The summed E-state index contributed by atoms with van der Waals surface area (Å²) >= 11 is 12.5. The summed E-state index contributed by atoms with van der Waals surface area (Å²) < 4.78 is 103. The molecule has 2 fully saturated rings. The molecule has 0 aliphatic carbocycles. The molecule has 3 aromatic heterocycles. The van der Waals surface area contributed by atoms with Crippen molar-refractivity contribution in [3.05, 3.63) is 229 Å². The van der Waals surface area contributed by atoms with Gasteiger partial charge in [0.1, 0.15) is 71.3 Å². The minimum atomic E-state index is -5.14. The van der Waals surface area contributed by atoms with Gasteiger partial charge in [-0.2, -0.15) is 15.2 Å². The monoisotopic (exact) mass is 1390 g/mol. The van der Waals surface area contributed by atoms with Crippen LogP contribution in [0.4, 0.5) is 11.8 Å². The second kappa shape index (κ2) is 30.3. The Kier molecular flexibility index (Phi) is 21.6. The lowest BCUT2D eigenvalue weighted by Gasteiger charge is -2.37. The van der Waals surface area contributed by atoms with Crippen LogP contribution in [0.25, 0.3) is 11.2 Å². The first kappa shape index (κ1) is 68.3. The average Bonchev–Trinajstić information content (AvgIpc) is 1.01. The molecule has 6 aromatic carbocycles. The molecule has 26 nitrogen and oxygen atoms in total. The van der Waals surface area contributed by atoms with Crippen LogP contribution in [0.5, 0.6) is 23.0 Å². The van der Waals surface area contributed by atoms with Gasteiger partial charge < -0.3 is 38.0 Å². The van der Waals surface area contributed by atoms with Crippen LogP contribution in [0.2, 0.25) is 10.0 Å². The molecule has 2 amide bonds.